The fourth-order valence-electron chi connectivity index (χ4n) is 2.55. The molecule has 0 bridgehead atoms. The third kappa shape index (κ3) is 3.37. The molecule has 1 aliphatic carbocycles. The Morgan fingerprint density at radius 1 is 1.38 bits per heavy atom. The summed E-state index contributed by atoms with van der Waals surface area (Å²) in [6.45, 7) is 1.83. The van der Waals surface area contributed by atoms with Crippen LogP contribution in [0.2, 0.25) is 0 Å². The Bertz CT molecular complexity index is 562. The SMILES string of the molecule is CCCN(CC(=O)O)C(=O)C1CC1c1cccc(F)c1F. The quantitative estimate of drug-likeness (QED) is 0.877. The zero-order valence-electron chi connectivity index (χ0n) is 11.7. The number of carboxylic acid groups (broad SMARTS) is 1. The molecule has 2 unspecified atom stereocenters. The number of amides is 1. The summed E-state index contributed by atoms with van der Waals surface area (Å²) in [6, 6.07) is 3.91. The molecule has 1 aromatic rings. The van der Waals surface area contributed by atoms with E-state index >= 15 is 0 Å². The van der Waals surface area contributed by atoms with Gasteiger partial charge in [-0.2, -0.15) is 0 Å². The standard InChI is InChI=1S/C15H17F2NO3/c1-2-6-18(8-13(19)20)15(21)11-7-10(11)9-4-3-5-12(16)14(9)17/h3-5,10-11H,2,6-8H2,1H3,(H,19,20). The minimum absolute atomic E-state index is 0.195. The Morgan fingerprint density at radius 3 is 2.71 bits per heavy atom. The molecular weight excluding hydrogens is 280 g/mol. The summed E-state index contributed by atoms with van der Waals surface area (Å²) in [5.41, 5.74) is 0.195. The highest BCUT2D eigenvalue weighted by Crippen LogP contribution is 2.49. The summed E-state index contributed by atoms with van der Waals surface area (Å²) in [5.74, 6) is -4.04. The second-order valence-corrected chi connectivity index (χ2v) is 5.25. The summed E-state index contributed by atoms with van der Waals surface area (Å²) in [6.07, 6.45) is 1.07. The Morgan fingerprint density at radius 2 is 2.10 bits per heavy atom. The van der Waals surface area contributed by atoms with Crippen molar-refractivity contribution >= 4 is 11.9 Å². The minimum Gasteiger partial charge on any atom is -0.480 e. The third-order valence-electron chi connectivity index (χ3n) is 3.62. The van der Waals surface area contributed by atoms with Crippen LogP contribution in [-0.4, -0.2) is 35.0 Å². The zero-order valence-corrected chi connectivity index (χ0v) is 11.7. The number of hydrogen-bond donors (Lipinski definition) is 1. The van der Waals surface area contributed by atoms with Gasteiger partial charge in [0.2, 0.25) is 5.91 Å². The van der Waals surface area contributed by atoms with Crippen molar-refractivity contribution in [3.8, 4) is 0 Å². The molecular formula is C15H17F2NO3. The lowest BCUT2D eigenvalue weighted by atomic mass is 10.1. The Hall–Kier alpha value is -1.98. The summed E-state index contributed by atoms with van der Waals surface area (Å²) in [5, 5.41) is 8.82. The number of nitrogens with zero attached hydrogens (tertiary/aromatic N) is 1. The lowest BCUT2D eigenvalue weighted by molar-refractivity contribution is -0.145. The van der Waals surface area contributed by atoms with Gasteiger partial charge in [-0.05, 0) is 30.4 Å². The van der Waals surface area contributed by atoms with Crippen molar-refractivity contribution in [2.24, 2.45) is 5.92 Å². The second-order valence-electron chi connectivity index (χ2n) is 5.25. The van der Waals surface area contributed by atoms with E-state index in [9.17, 15) is 18.4 Å². The number of benzene rings is 1. The van der Waals surface area contributed by atoms with Gasteiger partial charge >= 0.3 is 5.97 Å². The van der Waals surface area contributed by atoms with E-state index < -0.39 is 23.5 Å². The minimum atomic E-state index is -1.08. The summed E-state index contributed by atoms with van der Waals surface area (Å²) < 4.78 is 26.9. The number of halogens is 2. The van der Waals surface area contributed by atoms with Crippen LogP contribution in [0.15, 0.2) is 18.2 Å². The molecule has 1 fully saturated rings. The fourth-order valence-corrected chi connectivity index (χ4v) is 2.55. The molecule has 114 valence electrons. The number of carbonyl (C=O) groups excluding carboxylic acids is 1. The Kier molecular flexibility index (Phi) is 4.55. The van der Waals surface area contributed by atoms with Gasteiger partial charge < -0.3 is 10.0 Å². The summed E-state index contributed by atoms with van der Waals surface area (Å²) in [7, 11) is 0. The predicted molar refractivity (Wildman–Crippen MR) is 71.7 cm³/mol. The zero-order chi connectivity index (χ0) is 15.6. The van der Waals surface area contributed by atoms with Crippen molar-refractivity contribution in [2.45, 2.75) is 25.7 Å². The predicted octanol–water partition coefficient (Wildman–Crippen LogP) is 2.39. The van der Waals surface area contributed by atoms with Crippen molar-refractivity contribution in [2.75, 3.05) is 13.1 Å². The van der Waals surface area contributed by atoms with Gasteiger partial charge in [0, 0.05) is 12.5 Å². The van der Waals surface area contributed by atoms with Gasteiger partial charge in [0.1, 0.15) is 6.54 Å². The number of aliphatic carboxylic acids is 1. The highest BCUT2D eigenvalue weighted by Gasteiger charge is 2.47. The van der Waals surface area contributed by atoms with Crippen molar-refractivity contribution in [3.63, 3.8) is 0 Å². The van der Waals surface area contributed by atoms with Crippen LogP contribution in [0.3, 0.4) is 0 Å². The third-order valence-corrected chi connectivity index (χ3v) is 3.62. The highest BCUT2D eigenvalue weighted by atomic mass is 19.2. The van der Waals surface area contributed by atoms with Gasteiger partial charge in [-0.1, -0.05) is 19.1 Å². The lowest BCUT2D eigenvalue weighted by Gasteiger charge is -2.20. The van der Waals surface area contributed by atoms with Crippen LogP contribution in [0.1, 0.15) is 31.2 Å². The van der Waals surface area contributed by atoms with E-state index in [1.165, 1.54) is 17.0 Å². The fraction of sp³-hybridized carbons (Fsp3) is 0.467. The van der Waals surface area contributed by atoms with E-state index in [-0.39, 0.29) is 23.9 Å². The molecule has 0 aliphatic heterocycles. The van der Waals surface area contributed by atoms with E-state index in [0.29, 0.717) is 19.4 Å². The first-order chi connectivity index (χ1) is 9.95. The van der Waals surface area contributed by atoms with Crippen LogP contribution in [0.5, 0.6) is 0 Å². The lowest BCUT2D eigenvalue weighted by Crippen LogP contribution is -2.37. The molecule has 2 atom stereocenters. The largest absolute Gasteiger partial charge is 0.480 e. The number of rotatable bonds is 6. The van der Waals surface area contributed by atoms with E-state index in [0.717, 1.165) is 6.07 Å². The molecule has 0 spiro atoms. The monoisotopic (exact) mass is 297 g/mol. The first kappa shape index (κ1) is 15.4. The average Bonchev–Trinajstić information content (AvgIpc) is 3.20. The van der Waals surface area contributed by atoms with E-state index in [1.54, 1.807) is 0 Å². The topological polar surface area (TPSA) is 57.6 Å². The van der Waals surface area contributed by atoms with Crippen molar-refractivity contribution in [3.05, 3.63) is 35.4 Å². The second kappa shape index (κ2) is 6.20. The first-order valence-electron chi connectivity index (χ1n) is 6.90. The van der Waals surface area contributed by atoms with E-state index in [1.807, 2.05) is 6.92 Å². The molecule has 1 amide bonds. The molecule has 6 heteroatoms. The van der Waals surface area contributed by atoms with Crippen molar-refractivity contribution in [1.82, 2.24) is 4.90 Å². The molecule has 0 heterocycles. The maximum absolute atomic E-state index is 13.7. The van der Waals surface area contributed by atoms with Crippen LogP contribution in [0.4, 0.5) is 8.78 Å². The van der Waals surface area contributed by atoms with Crippen LogP contribution in [-0.2, 0) is 9.59 Å². The van der Waals surface area contributed by atoms with Gasteiger partial charge in [-0.25, -0.2) is 8.78 Å². The number of hydrogen-bond acceptors (Lipinski definition) is 2. The van der Waals surface area contributed by atoms with Crippen LogP contribution in [0.25, 0.3) is 0 Å². The van der Waals surface area contributed by atoms with Gasteiger partial charge in [-0.3, -0.25) is 9.59 Å². The Balaban J connectivity index is 2.09. The normalized spacial score (nSPS) is 20.1. The average molecular weight is 297 g/mol. The molecule has 1 aromatic carbocycles. The Labute approximate surface area is 121 Å². The molecule has 4 nitrogen and oxygen atoms in total. The molecule has 1 N–H and O–H groups in total. The van der Waals surface area contributed by atoms with Gasteiger partial charge in [0.15, 0.2) is 11.6 Å². The smallest absolute Gasteiger partial charge is 0.323 e. The first-order valence-corrected chi connectivity index (χ1v) is 6.90. The molecule has 0 aromatic heterocycles. The summed E-state index contributed by atoms with van der Waals surface area (Å²) in [4.78, 5) is 24.3. The van der Waals surface area contributed by atoms with Gasteiger partial charge in [-0.15, -0.1) is 0 Å². The number of carbonyl (C=O) groups is 2. The van der Waals surface area contributed by atoms with Crippen LogP contribution >= 0.6 is 0 Å². The molecule has 2 rings (SSSR count). The maximum atomic E-state index is 13.7. The molecule has 0 radical (unpaired) electrons. The van der Waals surface area contributed by atoms with Gasteiger partial charge in [0.05, 0.1) is 0 Å². The molecule has 0 saturated heterocycles. The van der Waals surface area contributed by atoms with Crippen molar-refractivity contribution in [1.29, 1.82) is 0 Å². The highest BCUT2D eigenvalue weighted by molar-refractivity contribution is 5.86. The molecule has 1 aliphatic rings. The molecule has 1 saturated carbocycles. The van der Waals surface area contributed by atoms with Crippen LogP contribution < -0.4 is 0 Å². The van der Waals surface area contributed by atoms with Crippen LogP contribution in [0, 0.1) is 17.6 Å². The number of carboxylic acids is 1. The van der Waals surface area contributed by atoms with Crippen molar-refractivity contribution < 1.29 is 23.5 Å². The van der Waals surface area contributed by atoms with E-state index in [2.05, 4.69) is 0 Å². The molecule has 21 heavy (non-hydrogen) atoms. The summed E-state index contributed by atoms with van der Waals surface area (Å²) >= 11 is 0. The van der Waals surface area contributed by atoms with Gasteiger partial charge in [0.25, 0.3) is 0 Å². The van der Waals surface area contributed by atoms with E-state index in [4.69, 9.17) is 5.11 Å². The maximum Gasteiger partial charge on any atom is 0.323 e.